The van der Waals surface area contributed by atoms with E-state index in [4.69, 9.17) is 0 Å². The van der Waals surface area contributed by atoms with Crippen molar-refractivity contribution in [1.82, 2.24) is 10.7 Å². The van der Waals surface area contributed by atoms with Crippen LogP contribution in [0.1, 0.15) is 13.3 Å². The van der Waals surface area contributed by atoms with Crippen molar-refractivity contribution in [2.45, 2.75) is 13.3 Å². The molecule has 2 amide bonds. The van der Waals surface area contributed by atoms with E-state index < -0.39 is 0 Å². The van der Waals surface area contributed by atoms with E-state index >= 15 is 0 Å². The van der Waals surface area contributed by atoms with Gasteiger partial charge in [0.05, 0.1) is 13.0 Å². The van der Waals surface area contributed by atoms with E-state index in [-0.39, 0.29) is 30.5 Å². The van der Waals surface area contributed by atoms with E-state index in [0.29, 0.717) is 0 Å². The van der Waals surface area contributed by atoms with Crippen molar-refractivity contribution < 1.29 is 9.59 Å². The lowest BCUT2D eigenvalue weighted by molar-refractivity contribution is -0.120. The van der Waals surface area contributed by atoms with Crippen molar-refractivity contribution in [3.63, 3.8) is 0 Å². The molecule has 0 spiro atoms. The Morgan fingerprint density at radius 1 is 1.77 bits per heavy atom. The minimum Gasteiger partial charge on any atom is -0.340 e. The van der Waals surface area contributed by atoms with E-state index in [1.807, 2.05) is 0 Å². The van der Waals surface area contributed by atoms with Crippen LogP contribution in [0.2, 0.25) is 0 Å². The fourth-order valence-electron chi connectivity index (χ4n) is 0.807. The molecule has 0 aromatic carbocycles. The van der Waals surface area contributed by atoms with Crippen LogP contribution in [0.25, 0.3) is 0 Å². The zero-order valence-corrected chi connectivity index (χ0v) is 7.18. The Morgan fingerprint density at radius 3 is 3.08 bits per heavy atom. The second-order valence-corrected chi connectivity index (χ2v) is 2.38. The molecule has 1 rings (SSSR count). The molecule has 5 heteroatoms. The number of carbonyl (C=O) groups is 2. The van der Waals surface area contributed by atoms with Crippen molar-refractivity contribution in [3.8, 4) is 11.8 Å². The summed E-state index contributed by atoms with van der Waals surface area (Å²) in [7, 11) is 0. The van der Waals surface area contributed by atoms with Gasteiger partial charge in [-0.2, -0.15) is 5.10 Å². The molecule has 0 saturated heterocycles. The molecule has 0 atom stereocenters. The highest BCUT2D eigenvalue weighted by Gasteiger charge is 2.20. The minimum absolute atomic E-state index is 0.0470. The van der Waals surface area contributed by atoms with Gasteiger partial charge in [0.15, 0.2) is 0 Å². The highest BCUT2D eigenvalue weighted by Crippen LogP contribution is 1.94. The molecule has 1 heterocycles. The summed E-state index contributed by atoms with van der Waals surface area (Å²) in [6.45, 7) is 1.97. The first-order valence-corrected chi connectivity index (χ1v) is 3.77. The molecule has 0 aromatic rings. The van der Waals surface area contributed by atoms with Gasteiger partial charge in [-0.3, -0.25) is 9.59 Å². The molecule has 13 heavy (non-hydrogen) atoms. The van der Waals surface area contributed by atoms with Gasteiger partial charge in [0.25, 0.3) is 5.91 Å². The Balaban J connectivity index is 2.39. The van der Waals surface area contributed by atoms with Crippen LogP contribution in [0.15, 0.2) is 5.10 Å². The van der Waals surface area contributed by atoms with Crippen molar-refractivity contribution in [3.05, 3.63) is 0 Å². The van der Waals surface area contributed by atoms with Crippen LogP contribution in [0.5, 0.6) is 0 Å². The standard InChI is InChI=1S/C8H9N3O2/c1-2-3-4-9-8(13)6-5-7(12)11-10-6/h4-5H2,1H3,(H,9,13)(H,11,12). The summed E-state index contributed by atoms with van der Waals surface area (Å²) in [5.74, 6) is 4.70. The van der Waals surface area contributed by atoms with Gasteiger partial charge >= 0.3 is 0 Å². The van der Waals surface area contributed by atoms with E-state index in [1.165, 1.54) is 0 Å². The lowest BCUT2D eigenvalue weighted by atomic mass is 10.2. The van der Waals surface area contributed by atoms with Crippen LogP contribution in [0.4, 0.5) is 0 Å². The third-order valence-electron chi connectivity index (χ3n) is 1.42. The van der Waals surface area contributed by atoms with Gasteiger partial charge < -0.3 is 5.32 Å². The lowest BCUT2D eigenvalue weighted by Gasteiger charge is -1.96. The molecule has 0 aromatic heterocycles. The topological polar surface area (TPSA) is 70.6 Å². The summed E-state index contributed by atoms with van der Waals surface area (Å²) < 4.78 is 0. The Kier molecular flexibility index (Phi) is 3.03. The van der Waals surface area contributed by atoms with Crippen molar-refractivity contribution in [2.75, 3.05) is 6.54 Å². The second kappa shape index (κ2) is 4.26. The monoisotopic (exact) mass is 179 g/mol. The Hall–Kier alpha value is -1.83. The van der Waals surface area contributed by atoms with Gasteiger partial charge in [0, 0.05) is 0 Å². The maximum absolute atomic E-state index is 11.2. The number of hydrogen-bond acceptors (Lipinski definition) is 3. The number of hydrogen-bond donors (Lipinski definition) is 2. The van der Waals surface area contributed by atoms with Crippen LogP contribution in [-0.2, 0) is 9.59 Å². The summed E-state index contributed by atoms with van der Waals surface area (Å²) >= 11 is 0. The van der Waals surface area contributed by atoms with Gasteiger partial charge in [-0.1, -0.05) is 5.92 Å². The molecule has 0 bridgehead atoms. The molecule has 1 aliphatic rings. The second-order valence-electron chi connectivity index (χ2n) is 2.38. The smallest absolute Gasteiger partial charge is 0.268 e. The van der Waals surface area contributed by atoms with E-state index in [9.17, 15) is 9.59 Å². The number of amides is 2. The first kappa shape index (κ1) is 9.26. The summed E-state index contributed by atoms with van der Waals surface area (Å²) in [5.41, 5.74) is 2.40. The quantitative estimate of drug-likeness (QED) is 0.534. The molecule has 0 radical (unpaired) electrons. The van der Waals surface area contributed by atoms with Gasteiger partial charge in [0.2, 0.25) is 5.91 Å². The Bertz CT molecular complexity index is 322. The van der Waals surface area contributed by atoms with Crippen molar-refractivity contribution >= 4 is 17.5 Å². The summed E-state index contributed by atoms with van der Waals surface area (Å²) in [6, 6.07) is 0. The maximum atomic E-state index is 11.2. The average Bonchev–Trinajstić information content (AvgIpc) is 2.52. The molecule has 1 aliphatic heterocycles. The predicted molar refractivity (Wildman–Crippen MR) is 46.7 cm³/mol. The average molecular weight is 179 g/mol. The third kappa shape index (κ3) is 2.60. The summed E-state index contributed by atoms with van der Waals surface area (Å²) in [5, 5.41) is 6.06. The van der Waals surface area contributed by atoms with Crippen LogP contribution in [0, 0.1) is 11.8 Å². The highest BCUT2D eigenvalue weighted by molar-refractivity contribution is 6.43. The first-order chi connectivity index (χ1) is 6.24. The first-order valence-electron chi connectivity index (χ1n) is 3.77. The maximum Gasteiger partial charge on any atom is 0.268 e. The van der Waals surface area contributed by atoms with Gasteiger partial charge in [-0.25, -0.2) is 5.43 Å². The van der Waals surface area contributed by atoms with Crippen LogP contribution >= 0.6 is 0 Å². The zero-order valence-electron chi connectivity index (χ0n) is 7.18. The fourth-order valence-corrected chi connectivity index (χ4v) is 0.807. The molecule has 0 saturated carbocycles. The molecule has 2 N–H and O–H groups in total. The van der Waals surface area contributed by atoms with Crippen molar-refractivity contribution in [1.29, 1.82) is 0 Å². The van der Waals surface area contributed by atoms with Crippen LogP contribution in [-0.4, -0.2) is 24.1 Å². The van der Waals surface area contributed by atoms with E-state index in [0.717, 1.165) is 0 Å². The fraction of sp³-hybridized carbons (Fsp3) is 0.375. The Labute approximate surface area is 75.6 Å². The van der Waals surface area contributed by atoms with E-state index in [1.54, 1.807) is 6.92 Å². The SMILES string of the molecule is CC#CCNC(=O)C1=NNC(=O)C1. The molecular formula is C8H9N3O2. The third-order valence-corrected chi connectivity index (χ3v) is 1.42. The van der Waals surface area contributed by atoms with Crippen molar-refractivity contribution in [2.24, 2.45) is 5.10 Å². The highest BCUT2D eigenvalue weighted by atomic mass is 16.2. The van der Waals surface area contributed by atoms with Gasteiger partial charge in [-0.15, -0.1) is 5.92 Å². The number of hydrazone groups is 1. The minimum atomic E-state index is -0.346. The molecule has 0 aliphatic carbocycles. The van der Waals surface area contributed by atoms with E-state index in [2.05, 4.69) is 27.7 Å². The number of rotatable bonds is 2. The van der Waals surface area contributed by atoms with Crippen LogP contribution in [0.3, 0.4) is 0 Å². The number of nitrogens with one attached hydrogen (secondary N) is 2. The molecular weight excluding hydrogens is 170 g/mol. The molecule has 5 nitrogen and oxygen atoms in total. The normalized spacial score (nSPS) is 13.9. The number of carbonyl (C=O) groups excluding carboxylic acids is 2. The molecule has 0 unspecified atom stereocenters. The summed E-state index contributed by atoms with van der Waals surface area (Å²) in [4.78, 5) is 21.8. The molecule has 0 fully saturated rings. The Morgan fingerprint density at radius 2 is 2.54 bits per heavy atom. The summed E-state index contributed by atoms with van der Waals surface area (Å²) in [6.07, 6.45) is 0.0470. The zero-order chi connectivity index (χ0) is 9.68. The largest absolute Gasteiger partial charge is 0.340 e. The molecule has 68 valence electrons. The van der Waals surface area contributed by atoms with Crippen LogP contribution < -0.4 is 10.7 Å². The van der Waals surface area contributed by atoms with Gasteiger partial charge in [-0.05, 0) is 6.92 Å². The predicted octanol–water partition coefficient (Wildman–Crippen LogP) is -0.998. The lowest BCUT2D eigenvalue weighted by Crippen LogP contribution is -2.30. The van der Waals surface area contributed by atoms with Gasteiger partial charge in [0.1, 0.15) is 5.71 Å². The number of nitrogens with zero attached hydrogens (tertiary/aromatic N) is 1.